The minimum atomic E-state index is -0.195. The van der Waals surface area contributed by atoms with Gasteiger partial charge in [0.1, 0.15) is 11.9 Å². The summed E-state index contributed by atoms with van der Waals surface area (Å²) in [5.74, 6) is 0.933. The molecule has 5 heterocycles. The molecule has 6 rings (SSSR count). The van der Waals surface area contributed by atoms with Gasteiger partial charge in [-0.1, -0.05) is 25.5 Å². The molecule has 1 amide bonds. The van der Waals surface area contributed by atoms with Gasteiger partial charge in [0.15, 0.2) is 0 Å². The van der Waals surface area contributed by atoms with Gasteiger partial charge < -0.3 is 4.90 Å². The molecule has 2 unspecified atom stereocenters. The average molecular weight is 387 g/mol. The number of fused-ring (bicyclic) bond motifs is 2. The molecular formula is C22H31FN4O. The maximum absolute atomic E-state index is 13.5. The molecule has 152 valence electrons. The zero-order valence-electron chi connectivity index (χ0n) is 16.6. The van der Waals surface area contributed by atoms with Gasteiger partial charge in [-0.05, 0) is 62.4 Å². The number of amides is 1. The summed E-state index contributed by atoms with van der Waals surface area (Å²) >= 11 is 0. The molecule has 0 saturated carbocycles. The Labute approximate surface area is 166 Å². The fourth-order valence-electron chi connectivity index (χ4n) is 6.20. The molecular weight excluding hydrogens is 355 g/mol. The van der Waals surface area contributed by atoms with E-state index < -0.39 is 0 Å². The van der Waals surface area contributed by atoms with E-state index in [-0.39, 0.29) is 23.7 Å². The molecule has 5 nitrogen and oxygen atoms in total. The van der Waals surface area contributed by atoms with Gasteiger partial charge in [-0.2, -0.15) is 0 Å². The molecule has 5 aliphatic heterocycles. The Hall–Kier alpha value is -1.50. The molecule has 1 aromatic rings. The predicted molar refractivity (Wildman–Crippen MR) is 106 cm³/mol. The third-order valence-corrected chi connectivity index (χ3v) is 7.49. The molecule has 6 heteroatoms. The topological polar surface area (TPSA) is 47.6 Å². The molecule has 0 aromatic heterocycles. The summed E-state index contributed by atoms with van der Waals surface area (Å²) in [5, 5.41) is 0. The molecule has 1 aromatic carbocycles. The number of nitrogens with one attached hydrogen (secondary N) is 2. The van der Waals surface area contributed by atoms with Crippen LogP contribution in [0.3, 0.4) is 0 Å². The van der Waals surface area contributed by atoms with E-state index in [0.29, 0.717) is 24.0 Å². The van der Waals surface area contributed by atoms with Gasteiger partial charge >= 0.3 is 0 Å². The molecule has 2 bridgehead atoms. The second-order valence-corrected chi connectivity index (χ2v) is 9.07. The number of halogens is 1. The van der Waals surface area contributed by atoms with Gasteiger partial charge in [-0.3, -0.25) is 15.1 Å². The molecule has 0 spiro atoms. The summed E-state index contributed by atoms with van der Waals surface area (Å²) in [4.78, 5) is 18.3. The highest BCUT2D eigenvalue weighted by molar-refractivity contribution is 5.83. The molecule has 28 heavy (non-hydrogen) atoms. The van der Waals surface area contributed by atoms with Crippen LogP contribution < -0.4 is 10.9 Å². The number of rotatable bonds is 4. The van der Waals surface area contributed by atoms with Crippen molar-refractivity contribution < 1.29 is 9.18 Å². The van der Waals surface area contributed by atoms with Crippen LogP contribution in [0.2, 0.25) is 0 Å². The molecule has 5 saturated heterocycles. The van der Waals surface area contributed by atoms with E-state index in [1.807, 2.05) is 12.1 Å². The maximum atomic E-state index is 13.5. The first kappa shape index (κ1) is 18.5. The average Bonchev–Trinajstić information content (AvgIpc) is 3.36. The van der Waals surface area contributed by atoms with E-state index in [1.165, 1.54) is 18.4 Å². The second-order valence-electron chi connectivity index (χ2n) is 9.07. The van der Waals surface area contributed by atoms with Crippen LogP contribution >= 0.6 is 0 Å². The fourth-order valence-corrected chi connectivity index (χ4v) is 6.20. The van der Waals surface area contributed by atoms with Crippen LogP contribution in [-0.2, 0) is 4.79 Å². The Balaban J connectivity index is 1.40. The quantitative estimate of drug-likeness (QED) is 0.833. The van der Waals surface area contributed by atoms with Gasteiger partial charge in [0.25, 0.3) is 0 Å². The summed E-state index contributed by atoms with van der Waals surface area (Å²) in [6.45, 7) is 5.20. The first-order valence-corrected chi connectivity index (χ1v) is 11.0. The summed E-state index contributed by atoms with van der Waals surface area (Å²) in [5.41, 5.74) is 7.75. The van der Waals surface area contributed by atoms with Crippen molar-refractivity contribution >= 4 is 5.91 Å². The van der Waals surface area contributed by atoms with Gasteiger partial charge in [0.2, 0.25) is 5.91 Å². The van der Waals surface area contributed by atoms with E-state index in [9.17, 15) is 9.18 Å². The fraction of sp³-hybridized carbons (Fsp3) is 0.682. The summed E-state index contributed by atoms with van der Waals surface area (Å²) in [6.07, 6.45) is 5.47. The van der Waals surface area contributed by atoms with Crippen molar-refractivity contribution in [3.63, 3.8) is 0 Å². The lowest BCUT2D eigenvalue weighted by atomic mass is 9.75. The lowest BCUT2D eigenvalue weighted by molar-refractivity contribution is -0.138. The zero-order chi connectivity index (χ0) is 19.3. The Kier molecular flexibility index (Phi) is 4.89. The minimum Gasteiger partial charge on any atom is -0.336 e. The Bertz CT molecular complexity index is 718. The Morgan fingerprint density at radius 2 is 1.89 bits per heavy atom. The zero-order valence-corrected chi connectivity index (χ0v) is 16.6. The van der Waals surface area contributed by atoms with E-state index in [2.05, 4.69) is 27.6 Å². The summed E-state index contributed by atoms with van der Waals surface area (Å²) in [7, 11) is 0. The number of likely N-dealkylation sites (tertiary alicyclic amines) is 1. The van der Waals surface area contributed by atoms with Crippen molar-refractivity contribution in [2.75, 3.05) is 19.6 Å². The van der Waals surface area contributed by atoms with E-state index in [4.69, 9.17) is 0 Å². The first-order chi connectivity index (χ1) is 13.7. The van der Waals surface area contributed by atoms with Gasteiger partial charge in [-0.25, -0.2) is 9.82 Å². The number of carbonyl (C=O) groups is 1. The standard InChI is InChI=1S/C22H31FN4O/c1-2-3-17-12-19(25-24-17)22(28)27-13-18(14-4-6-16(23)7-5-14)21-20(27)15-8-10-26(21)11-9-15/h4-7,15,17-21,24-25H,2-3,8-13H2,1H3/t17?,18-,19?,20+,21+/m1/s1. The van der Waals surface area contributed by atoms with Gasteiger partial charge in [0, 0.05) is 24.5 Å². The number of hydrazine groups is 1. The van der Waals surface area contributed by atoms with Crippen molar-refractivity contribution in [3.05, 3.63) is 35.6 Å². The summed E-state index contributed by atoms with van der Waals surface area (Å²) < 4.78 is 13.5. The predicted octanol–water partition coefficient (Wildman–Crippen LogP) is 2.25. The van der Waals surface area contributed by atoms with E-state index >= 15 is 0 Å². The SMILES string of the molecule is CCCC1CC(C(=O)N2C[C@H](c3ccc(F)cc3)[C@H]3[C@@H]2C2CCN3CC2)NN1. The van der Waals surface area contributed by atoms with Crippen LogP contribution in [0, 0.1) is 11.7 Å². The van der Waals surface area contributed by atoms with Gasteiger partial charge in [-0.15, -0.1) is 0 Å². The van der Waals surface area contributed by atoms with Crippen molar-refractivity contribution in [1.82, 2.24) is 20.7 Å². The van der Waals surface area contributed by atoms with Crippen molar-refractivity contribution in [1.29, 1.82) is 0 Å². The smallest absolute Gasteiger partial charge is 0.241 e. The highest BCUT2D eigenvalue weighted by Gasteiger charge is 2.55. The third kappa shape index (κ3) is 3.06. The van der Waals surface area contributed by atoms with Crippen LogP contribution in [0.4, 0.5) is 4.39 Å². The van der Waals surface area contributed by atoms with Crippen LogP contribution in [0.15, 0.2) is 24.3 Å². The lowest BCUT2D eigenvalue weighted by Crippen LogP contribution is -2.62. The van der Waals surface area contributed by atoms with Gasteiger partial charge in [0.05, 0.1) is 6.04 Å². The molecule has 5 aliphatic rings. The monoisotopic (exact) mass is 386 g/mol. The molecule has 2 N–H and O–H groups in total. The molecule has 0 radical (unpaired) electrons. The van der Waals surface area contributed by atoms with Crippen LogP contribution in [0.25, 0.3) is 0 Å². The summed E-state index contributed by atoms with van der Waals surface area (Å²) in [6, 6.07) is 7.89. The normalized spacial score (nSPS) is 39.4. The second kappa shape index (κ2) is 7.39. The Morgan fingerprint density at radius 3 is 2.61 bits per heavy atom. The van der Waals surface area contributed by atoms with Crippen LogP contribution in [0.5, 0.6) is 0 Å². The number of carbonyl (C=O) groups excluding carboxylic acids is 1. The highest BCUT2D eigenvalue weighted by Crippen LogP contribution is 2.46. The van der Waals surface area contributed by atoms with Crippen molar-refractivity contribution in [2.45, 2.75) is 69.1 Å². The third-order valence-electron chi connectivity index (χ3n) is 7.49. The van der Waals surface area contributed by atoms with Crippen LogP contribution in [0.1, 0.15) is 50.5 Å². The van der Waals surface area contributed by atoms with Crippen LogP contribution in [-0.4, -0.2) is 59.5 Å². The van der Waals surface area contributed by atoms with Crippen molar-refractivity contribution in [3.8, 4) is 0 Å². The number of hydrogen-bond donors (Lipinski definition) is 2. The lowest BCUT2D eigenvalue weighted by Gasteiger charge is -2.51. The number of nitrogens with zero attached hydrogens (tertiary/aromatic N) is 2. The van der Waals surface area contributed by atoms with Crippen molar-refractivity contribution in [2.24, 2.45) is 5.92 Å². The number of benzene rings is 1. The largest absolute Gasteiger partial charge is 0.336 e. The Morgan fingerprint density at radius 1 is 1.14 bits per heavy atom. The minimum absolute atomic E-state index is 0.125. The maximum Gasteiger partial charge on any atom is 0.241 e. The number of hydrogen-bond acceptors (Lipinski definition) is 4. The molecule has 5 fully saturated rings. The van der Waals surface area contributed by atoms with E-state index in [1.54, 1.807) is 12.1 Å². The molecule has 0 aliphatic carbocycles. The van der Waals surface area contributed by atoms with E-state index in [0.717, 1.165) is 38.9 Å². The molecule has 5 atom stereocenters. The number of piperidine rings is 3. The highest BCUT2D eigenvalue weighted by atomic mass is 19.1. The first-order valence-electron chi connectivity index (χ1n) is 11.0.